The molecule has 2 aromatic rings. The monoisotopic (exact) mass is 328 g/mol. The van der Waals surface area contributed by atoms with Gasteiger partial charge in [0, 0.05) is 5.56 Å². The predicted molar refractivity (Wildman–Crippen MR) is 98.4 cm³/mol. The highest BCUT2D eigenvalue weighted by Gasteiger charge is 2.26. The fraction of sp³-hybridized carbons (Fsp3) is 0.400. The van der Waals surface area contributed by atoms with Crippen molar-refractivity contribution < 1.29 is 9.09 Å². The van der Waals surface area contributed by atoms with Crippen LogP contribution < -0.4 is 9.83 Å². The first kappa shape index (κ1) is 16.3. The average molecular weight is 328 g/mol. The van der Waals surface area contributed by atoms with E-state index in [1.165, 1.54) is 11.1 Å². The Morgan fingerprint density at radius 2 is 1.48 bits per heavy atom. The standard InChI is InChI=1S/C20H25O2P/c1-3-5-9-15-11-7-13-17-18-14-8-12-16(10-6-4-2)20(18)23(21)22-19(15)17/h7-8,11-14,23H,3-6,9-10H2,1-2H3. The van der Waals surface area contributed by atoms with Gasteiger partial charge < -0.3 is 4.52 Å². The summed E-state index contributed by atoms with van der Waals surface area (Å²) in [5, 5.41) is 0.950. The summed E-state index contributed by atoms with van der Waals surface area (Å²) in [6, 6.07) is 12.6. The predicted octanol–water partition coefficient (Wildman–Crippen LogP) is 5.53. The molecule has 0 spiro atoms. The highest BCUT2D eigenvalue weighted by Crippen LogP contribution is 2.45. The van der Waals surface area contributed by atoms with Crippen molar-refractivity contribution in [1.82, 2.24) is 0 Å². The van der Waals surface area contributed by atoms with Crippen molar-refractivity contribution >= 4 is 13.3 Å². The highest BCUT2D eigenvalue weighted by atomic mass is 31.1. The third-order valence-corrected chi connectivity index (χ3v) is 5.92. The first-order valence-corrected chi connectivity index (χ1v) is 10.0. The summed E-state index contributed by atoms with van der Waals surface area (Å²) in [5.74, 6) is 0.852. The molecule has 0 saturated carbocycles. The Morgan fingerprint density at radius 1 is 0.870 bits per heavy atom. The lowest BCUT2D eigenvalue weighted by molar-refractivity contribution is 0.509. The van der Waals surface area contributed by atoms with Gasteiger partial charge in [-0.2, -0.15) is 0 Å². The van der Waals surface area contributed by atoms with E-state index in [4.69, 9.17) is 4.52 Å². The third kappa shape index (κ3) is 3.23. The summed E-state index contributed by atoms with van der Waals surface area (Å²) in [5.41, 5.74) is 4.60. The maximum Gasteiger partial charge on any atom is 0.266 e. The van der Waals surface area contributed by atoms with Crippen LogP contribution in [0.5, 0.6) is 5.75 Å². The second-order valence-electron chi connectivity index (χ2n) is 6.23. The molecule has 3 heteroatoms. The summed E-state index contributed by atoms with van der Waals surface area (Å²) >= 11 is 0. The molecule has 0 bridgehead atoms. The average Bonchev–Trinajstić information content (AvgIpc) is 2.58. The fourth-order valence-corrected chi connectivity index (χ4v) is 4.70. The molecule has 0 radical (unpaired) electrons. The van der Waals surface area contributed by atoms with Gasteiger partial charge in [-0.3, -0.25) is 4.57 Å². The Morgan fingerprint density at radius 3 is 2.17 bits per heavy atom. The van der Waals surface area contributed by atoms with E-state index < -0.39 is 8.03 Å². The van der Waals surface area contributed by atoms with Crippen molar-refractivity contribution in [2.45, 2.75) is 52.4 Å². The zero-order valence-electron chi connectivity index (χ0n) is 14.0. The van der Waals surface area contributed by atoms with Crippen LogP contribution in [-0.4, -0.2) is 0 Å². The van der Waals surface area contributed by atoms with Crippen molar-refractivity contribution in [2.24, 2.45) is 0 Å². The topological polar surface area (TPSA) is 26.3 Å². The van der Waals surface area contributed by atoms with Crippen molar-refractivity contribution in [3.05, 3.63) is 47.5 Å². The minimum absolute atomic E-state index is 0.852. The number of hydrogen-bond acceptors (Lipinski definition) is 2. The zero-order valence-corrected chi connectivity index (χ0v) is 15.0. The number of aryl methyl sites for hydroxylation is 2. The highest BCUT2D eigenvalue weighted by molar-refractivity contribution is 7.49. The molecule has 23 heavy (non-hydrogen) atoms. The minimum Gasteiger partial charge on any atom is -0.441 e. The van der Waals surface area contributed by atoms with E-state index in [1.807, 2.05) is 0 Å². The second kappa shape index (κ2) is 7.36. The minimum atomic E-state index is -2.22. The Balaban J connectivity index is 2.08. The van der Waals surface area contributed by atoms with E-state index in [9.17, 15) is 4.57 Å². The van der Waals surface area contributed by atoms with Crippen molar-refractivity contribution in [2.75, 3.05) is 0 Å². The molecule has 0 amide bonds. The van der Waals surface area contributed by atoms with E-state index in [0.717, 1.165) is 60.7 Å². The van der Waals surface area contributed by atoms with Gasteiger partial charge in [-0.25, -0.2) is 0 Å². The smallest absolute Gasteiger partial charge is 0.266 e. The molecule has 1 aliphatic rings. The molecular weight excluding hydrogens is 303 g/mol. The van der Waals surface area contributed by atoms with E-state index >= 15 is 0 Å². The Labute approximate surface area is 139 Å². The van der Waals surface area contributed by atoms with Gasteiger partial charge >= 0.3 is 0 Å². The molecule has 1 aliphatic heterocycles. The van der Waals surface area contributed by atoms with Gasteiger partial charge in [0.1, 0.15) is 5.75 Å². The molecule has 3 rings (SSSR count). The fourth-order valence-electron chi connectivity index (χ4n) is 3.27. The maximum absolute atomic E-state index is 12.8. The van der Waals surface area contributed by atoms with Gasteiger partial charge in [0.15, 0.2) is 0 Å². The van der Waals surface area contributed by atoms with E-state index in [-0.39, 0.29) is 0 Å². The van der Waals surface area contributed by atoms with Gasteiger partial charge in [0.2, 0.25) is 0 Å². The molecule has 0 aliphatic carbocycles. The number of rotatable bonds is 6. The summed E-state index contributed by atoms with van der Waals surface area (Å²) in [6.07, 6.45) is 6.50. The molecule has 0 saturated heterocycles. The summed E-state index contributed by atoms with van der Waals surface area (Å²) in [7, 11) is -2.22. The zero-order chi connectivity index (χ0) is 16.2. The lowest BCUT2D eigenvalue weighted by Gasteiger charge is -2.24. The van der Waals surface area contributed by atoms with Crippen LogP contribution in [0.2, 0.25) is 0 Å². The van der Waals surface area contributed by atoms with Crippen LogP contribution in [0.3, 0.4) is 0 Å². The number of hydrogen-bond donors (Lipinski definition) is 0. The van der Waals surface area contributed by atoms with Gasteiger partial charge in [0.25, 0.3) is 8.03 Å². The molecule has 1 atom stereocenters. The summed E-state index contributed by atoms with van der Waals surface area (Å²) < 4.78 is 18.8. The number of unbranched alkanes of at least 4 members (excludes halogenated alkanes) is 2. The molecule has 1 heterocycles. The van der Waals surface area contributed by atoms with Gasteiger partial charge in [0.05, 0.1) is 5.30 Å². The van der Waals surface area contributed by atoms with Crippen LogP contribution in [0.1, 0.15) is 50.7 Å². The number of para-hydroxylation sites is 1. The first-order chi connectivity index (χ1) is 11.3. The van der Waals surface area contributed by atoms with Crippen LogP contribution in [0.15, 0.2) is 36.4 Å². The van der Waals surface area contributed by atoms with Gasteiger partial charge in [-0.1, -0.05) is 63.1 Å². The largest absolute Gasteiger partial charge is 0.441 e. The molecule has 0 fully saturated rings. The quantitative estimate of drug-likeness (QED) is 0.652. The maximum atomic E-state index is 12.8. The van der Waals surface area contributed by atoms with Crippen molar-refractivity contribution in [3.8, 4) is 16.9 Å². The molecule has 122 valence electrons. The Bertz CT molecular complexity index is 722. The van der Waals surface area contributed by atoms with Crippen molar-refractivity contribution in [1.29, 1.82) is 0 Å². The van der Waals surface area contributed by atoms with Crippen LogP contribution in [0, 0.1) is 0 Å². The SMILES string of the molecule is CCCCc1cccc2c1O[PH](=O)c1c(CCCC)cccc1-2. The van der Waals surface area contributed by atoms with E-state index in [0.29, 0.717) is 0 Å². The lowest BCUT2D eigenvalue weighted by atomic mass is 9.96. The molecular formula is C20H25O2P. The summed E-state index contributed by atoms with van der Waals surface area (Å²) in [6.45, 7) is 4.37. The van der Waals surface area contributed by atoms with Crippen LogP contribution >= 0.6 is 8.03 Å². The Kier molecular flexibility index (Phi) is 5.23. The van der Waals surface area contributed by atoms with E-state index in [2.05, 4.69) is 50.2 Å². The second-order valence-corrected chi connectivity index (χ2v) is 7.51. The molecule has 2 nitrogen and oxygen atoms in total. The lowest BCUT2D eigenvalue weighted by Crippen LogP contribution is -2.16. The van der Waals surface area contributed by atoms with Gasteiger partial charge in [-0.15, -0.1) is 0 Å². The molecule has 0 aromatic heterocycles. The van der Waals surface area contributed by atoms with Gasteiger partial charge in [-0.05, 0) is 42.4 Å². The Hall–Kier alpha value is -1.53. The normalized spacial score (nSPS) is 15.7. The van der Waals surface area contributed by atoms with E-state index in [1.54, 1.807) is 0 Å². The summed E-state index contributed by atoms with van der Waals surface area (Å²) in [4.78, 5) is 0. The molecule has 2 aromatic carbocycles. The van der Waals surface area contributed by atoms with Crippen molar-refractivity contribution in [3.63, 3.8) is 0 Å². The van der Waals surface area contributed by atoms with Crippen LogP contribution in [-0.2, 0) is 17.4 Å². The third-order valence-electron chi connectivity index (χ3n) is 4.54. The molecule has 1 unspecified atom stereocenters. The molecule has 0 N–H and O–H groups in total. The number of benzene rings is 2. The number of fused-ring (bicyclic) bond motifs is 3. The van der Waals surface area contributed by atoms with Crippen LogP contribution in [0.4, 0.5) is 0 Å². The first-order valence-electron chi connectivity index (χ1n) is 8.72. The van der Waals surface area contributed by atoms with Crippen LogP contribution in [0.25, 0.3) is 11.1 Å².